The molecule has 2 rings (SSSR count). The minimum absolute atomic E-state index is 0. The molecule has 28 heavy (non-hydrogen) atoms. The number of amides is 1. The maximum atomic E-state index is 12.8. The van der Waals surface area contributed by atoms with E-state index in [2.05, 4.69) is 25.7 Å². The van der Waals surface area contributed by atoms with Crippen molar-refractivity contribution in [2.45, 2.75) is 13.2 Å². The number of benzene rings is 2. The zero-order chi connectivity index (χ0) is 19.6. The molecule has 2 aromatic rings. The van der Waals surface area contributed by atoms with Crippen LogP contribution in [0.15, 0.2) is 53.5 Å². The summed E-state index contributed by atoms with van der Waals surface area (Å²) in [4.78, 5) is 15.9. The van der Waals surface area contributed by atoms with Crippen LogP contribution >= 0.6 is 24.0 Å². The molecule has 0 aliphatic carbocycles. The summed E-state index contributed by atoms with van der Waals surface area (Å²) in [5.74, 6) is -0.390. The van der Waals surface area contributed by atoms with Crippen LogP contribution in [0, 0.1) is 5.82 Å². The molecule has 0 saturated carbocycles. The second kappa shape index (κ2) is 12.1. The molecular weight excluding hydrogens is 488 g/mol. The Morgan fingerprint density at radius 1 is 1.11 bits per heavy atom. The molecule has 0 aromatic heterocycles. The van der Waals surface area contributed by atoms with Gasteiger partial charge in [-0.25, -0.2) is 4.39 Å². The number of alkyl halides is 2. The van der Waals surface area contributed by atoms with E-state index in [1.54, 1.807) is 18.2 Å². The van der Waals surface area contributed by atoms with Gasteiger partial charge in [0, 0.05) is 24.8 Å². The number of carbonyl (C=O) groups excluding carboxylic acids is 1. The fraction of sp³-hybridized carbons (Fsp3) is 0.222. The average Bonchev–Trinajstić information content (AvgIpc) is 2.64. The number of nitrogens with zero attached hydrogens (tertiary/aromatic N) is 1. The first kappa shape index (κ1) is 23.5. The second-order valence-corrected chi connectivity index (χ2v) is 5.32. The first-order valence-corrected chi connectivity index (χ1v) is 8.00. The quantitative estimate of drug-likeness (QED) is 0.305. The van der Waals surface area contributed by atoms with Crippen LogP contribution in [-0.2, 0) is 11.3 Å². The SMILES string of the molecule is CN=C(NCC(=O)Nc1ccc(F)cc1)NCc1ccccc1OC(F)F.I. The average molecular weight is 508 g/mol. The van der Waals surface area contributed by atoms with Gasteiger partial charge in [-0.15, -0.1) is 24.0 Å². The van der Waals surface area contributed by atoms with Gasteiger partial charge in [-0.05, 0) is 30.3 Å². The molecule has 0 bridgehead atoms. The minimum Gasteiger partial charge on any atom is -0.434 e. The van der Waals surface area contributed by atoms with E-state index >= 15 is 0 Å². The van der Waals surface area contributed by atoms with E-state index < -0.39 is 12.4 Å². The number of carbonyl (C=O) groups is 1. The molecule has 0 aliphatic rings. The maximum absolute atomic E-state index is 12.8. The second-order valence-electron chi connectivity index (χ2n) is 5.32. The summed E-state index contributed by atoms with van der Waals surface area (Å²) in [5.41, 5.74) is 0.973. The third-order valence-corrected chi connectivity index (χ3v) is 3.40. The van der Waals surface area contributed by atoms with Crippen LogP contribution in [0.4, 0.5) is 18.9 Å². The Morgan fingerprint density at radius 2 is 1.79 bits per heavy atom. The van der Waals surface area contributed by atoms with Gasteiger partial charge in [0.1, 0.15) is 11.6 Å². The molecule has 0 aliphatic heterocycles. The summed E-state index contributed by atoms with van der Waals surface area (Å²) in [7, 11) is 1.51. The van der Waals surface area contributed by atoms with Crippen molar-refractivity contribution in [3.63, 3.8) is 0 Å². The maximum Gasteiger partial charge on any atom is 0.387 e. The normalized spacial score (nSPS) is 10.8. The molecule has 0 unspecified atom stereocenters. The van der Waals surface area contributed by atoms with Crippen LogP contribution in [0.25, 0.3) is 0 Å². The van der Waals surface area contributed by atoms with Crippen molar-refractivity contribution < 1.29 is 22.7 Å². The van der Waals surface area contributed by atoms with Crippen molar-refractivity contribution in [3.8, 4) is 5.75 Å². The Bertz CT molecular complexity index is 789. The third-order valence-electron chi connectivity index (χ3n) is 3.40. The van der Waals surface area contributed by atoms with Gasteiger partial charge < -0.3 is 20.7 Å². The smallest absolute Gasteiger partial charge is 0.387 e. The van der Waals surface area contributed by atoms with E-state index in [-0.39, 0.29) is 48.7 Å². The molecule has 0 fully saturated rings. The molecule has 3 N–H and O–H groups in total. The zero-order valence-electron chi connectivity index (χ0n) is 14.9. The molecule has 1 amide bonds. The van der Waals surface area contributed by atoms with E-state index in [0.29, 0.717) is 17.2 Å². The van der Waals surface area contributed by atoms with Crippen LogP contribution in [0.2, 0.25) is 0 Å². The number of guanidine groups is 1. The molecule has 152 valence electrons. The van der Waals surface area contributed by atoms with E-state index in [1.807, 2.05) is 0 Å². The van der Waals surface area contributed by atoms with E-state index in [0.717, 1.165) is 0 Å². The first-order chi connectivity index (χ1) is 13.0. The lowest BCUT2D eigenvalue weighted by atomic mass is 10.2. The van der Waals surface area contributed by atoms with E-state index in [4.69, 9.17) is 0 Å². The standard InChI is InChI=1S/C18H19F3N4O2.HI/c1-22-18(23-10-12-4-2-3-5-15(12)27-17(20)21)24-11-16(26)25-14-8-6-13(19)7-9-14;/h2-9,17H,10-11H2,1H3,(H,25,26)(H2,22,23,24);1H. The lowest BCUT2D eigenvalue weighted by Gasteiger charge is -2.14. The van der Waals surface area contributed by atoms with Gasteiger partial charge in [-0.1, -0.05) is 18.2 Å². The molecule has 2 aromatic carbocycles. The van der Waals surface area contributed by atoms with Crippen molar-refractivity contribution in [2.75, 3.05) is 18.9 Å². The van der Waals surface area contributed by atoms with E-state index in [1.165, 1.54) is 37.4 Å². The van der Waals surface area contributed by atoms with Crippen LogP contribution in [0.1, 0.15) is 5.56 Å². The number of hydrogen-bond donors (Lipinski definition) is 3. The fourth-order valence-electron chi connectivity index (χ4n) is 2.16. The Balaban J connectivity index is 0.00000392. The Kier molecular flexibility index (Phi) is 10.1. The van der Waals surface area contributed by atoms with Gasteiger partial charge in [-0.3, -0.25) is 9.79 Å². The molecule has 10 heteroatoms. The predicted octanol–water partition coefficient (Wildman–Crippen LogP) is 3.35. The number of nitrogens with one attached hydrogen (secondary N) is 3. The summed E-state index contributed by atoms with van der Waals surface area (Å²) >= 11 is 0. The number of halogens is 4. The van der Waals surface area contributed by atoms with Crippen LogP contribution in [0.3, 0.4) is 0 Å². The zero-order valence-corrected chi connectivity index (χ0v) is 17.2. The first-order valence-electron chi connectivity index (χ1n) is 8.00. The minimum atomic E-state index is -2.92. The predicted molar refractivity (Wildman–Crippen MR) is 112 cm³/mol. The summed E-state index contributed by atoms with van der Waals surface area (Å²) in [5, 5.41) is 8.30. The van der Waals surface area contributed by atoms with Crippen molar-refractivity contribution in [2.24, 2.45) is 4.99 Å². The highest BCUT2D eigenvalue weighted by Crippen LogP contribution is 2.19. The highest BCUT2D eigenvalue weighted by molar-refractivity contribution is 14.0. The summed E-state index contributed by atoms with van der Waals surface area (Å²) in [6, 6.07) is 11.7. The Morgan fingerprint density at radius 3 is 2.43 bits per heavy atom. The van der Waals surface area contributed by atoms with Gasteiger partial charge in [0.15, 0.2) is 5.96 Å². The van der Waals surface area contributed by atoms with Crippen LogP contribution in [-0.4, -0.2) is 32.1 Å². The molecular formula is C18H20F3IN4O2. The fourth-order valence-corrected chi connectivity index (χ4v) is 2.16. The highest BCUT2D eigenvalue weighted by Gasteiger charge is 2.10. The van der Waals surface area contributed by atoms with Gasteiger partial charge in [0.2, 0.25) is 5.91 Å². The molecule has 0 atom stereocenters. The van der Waals surface area contributed by atoms with Crippen molar-refractivity contribution >= 4 is 41.5 Å². The number of anilines is 1. The Labute approximate surface area is 177 Å². The van der Waals surface area contributed by atoms with Gasteiger partial charge in [0.25, 0.3) is 0 Å². The van der Waals surface area contributed by atoms with Gasteiger partial charge in [-0.2, -0.15) is 8.78 Å². The molecule has 0 radical (unpaired) electrons. The van der Waals surface area contributed by atoms with Crippen molar-refractivity contribution in [3.05, 3.63) is 59.9 Å². The van der Waals surface area contributed by atoms with Crippen LogP contribution in [0.5, 0.6) is 5.75 Å². The number of ether oxygens (including phenoxy) is 1. The largest absolute Gasteiger partial charge is 0.434 e. The number of hydrogen-bond acceptors (Lipinski definition) is 3. The molecule has 0 heterocycles. The third kappa shape index (κ3) is 8.03. The van der Waals surface area contributed by atoms with Crippen LogP contribution < -0.4 is 20.7 Å². The molecule has 0 saturated heterocycles. The lowest BCUT2D eigenvalue weighted by molar-refractivity contribution is -0.115. The van der Waals surface area contributed by atoms with Gasteiger partial charge in [0.05, 0.1) is 6.54 Å². The number of aliphatic imine (C=N–C) groups is 1. The molecule has 6 nitrogen and oxygen atoms in total. The monoisotopic (exact) mass is 508 g/mol. The summed E-state index contributed by atoms with van der Waals surface area (Å²) in [6.45, 7) is -2.84. The highest BCUT2D eigenvalue weighted by atomic mass is 127. The Hall–Kier alpha value is -2.50. The number of para-hydroxylation sites is 1. The summed E-state index contributed by atoms with van der Waals surface area (Å²) < 4.78 is 42.2. The van der Waals surface area contributed by atoms with Gasteiger partial charge >= 0.3 is 6.61 Å². The lowest BCUT2D eigenvalue weighted by Crippen LogP contribution is -2.41. The topological polar surface area (TPSA) is 74.8 Å². The molecule has 0 spiro atoms. The van der Waals surface area contributed by atoms with E-state index in [9.17, 15) is 18.0 Å². The summed E-state index contributed by atoms with van der Waals surface area (Å²) in [6.07, 6.45) is 0. The van der Waals surface area contributed by atoms with Crippen molar-refractivity contribution in [1.82, 2.24) is 10.6 Å². The van der Waals surface area contributed by atoms with Crippen molar-refractivity contribution in [1.29, 1.82) is 0 Å². The number of rotatable bonds is 7.